The molecule has 3 rings (SSSR count). The number of ether oxygens (including phenoxy) is 1. The van der Waals surface area contributed by atoms with E-state index in [4.69, 9.17) is 16.2 Å². The van der Waals surface area contributed by atoms with Crippen LogP contribution in [0.1, 0.15) is 46.5 Å². The standard InChI is InChI=1S/C21H29N7O3/c1-28(2)21(30)12-8-9-16(31-3)15(10-12)26-20-18(19(23)29)24-11-17(27-20)25-14-7-5-4-6-13(14)22/h8-11,13-14H,4-7,22H2,1-3H3,(H2,23,29)(H2,25,26,27)/t13-,14?/m0/s1. The zero-order valence-electron chi connectivity index (χ0n) is 18.0. The van der Waals surface area contributed by atoms with E-state index in [1.165, 1.54) is 18.2 Å². The summed E-state index contributed by atoms with van der Waals surface area (Å²) in [7, 11) is 4.85. The Labute approximate surface area is 181 Å². The zero-order valence-corrected chi connectivity index (χ0v) is 18.0. The Morgan fingerprint density at radius 1 is 1.23 bits per heavy atom. The number of nitrogens with one attached hydrogen (secondary N) is 2. The van der Waals surface area contributed by atoms with Gasteiger partial charge < -0.3 is 31.7 Å². The van der Waals surface area contributed by atoms with Crippen LogP contribution < -0.4 is 26.8 Å². The summed E-state index contributed by atoms with van der Waals surface area (Å²) < 4.78 is 5.39. The van der Waals surface area contributed by atoms with Crippen LogP contribution in [0.5, 0.6) is 5.75 Å². The van der Waals surface area contributed by atoms with E-state index in [2.05, 4.69) is 20.6 Å². The lowest BCUT2D eigenvalue weighted by Gasteiger charge is -2.29. The molecule has 1 aliphatic rings. The number of nitrogens with zero attached hydrogens (tertiary/aromatic N) is 3. The highest BCUT2D eigenvalue weighted by molar-refractivity contribution is 5.98. The fourth-order valence-electron chi connectivity index (χ4n) is 3.58. The summed E-state index contributed by atoms with van der Waals surface area (Å²) in [5.74, 6) is 0.216. The molecule has 1 aliphatic carbocycles. The summed E-state index contributed by atoms with van der Waals surface area (Å²) in [5.41, 5.74) is 12.6. The molecule has 1 aromatic heterocycles. The van der Waals surface area contributed by atoms with Crippen LogP contribution in [0.25, 0.3) is 0 Å². The molecule has 0 spiro atoms. The van der Waals surface area contributed by atoms with Crippen molar-refractivity contribution in [3.8, 4) is 5.75 Å². The molecule has 1 saturated carbocycles. The highest BCUT2D eigenvalue weighted by atomic mass is 16.5. The van der Waals surface area contributed by atoms with E-state index in [1.54, 1.807) is 32.3 Å². The Bertz CT molecular complexity index is 964. The first kappa shape index (κ1) is 22.3. The minimum absolute atomic E-state index is 0.0233. The highest BCUT2D eigenvalue weighted by Gasteiger charge is 2.23. The second-order valence-corrected chi connectivity index (χ2v) is 7.76. The van der Waals surface area contributed by atoms with Gasteiger partial charge in [-0.15, -0.1) is 0 Å². The molecule has 31 heavy (non-hydrogen) atoms. The van der Waals surface area contributed by atoms with Gasteiger partial charge >= 0.3 is 0 Å². The molecule has 0 aliphatic heterocycles. The fourth-order valence-corrected chi connectivity index (χ4v) is 3.58. The number of carbonyl (C=O) groups excluding carboxylic acids is 2. The molecule has 0 radical (unpaired) electrons. The Morgan fingerprint density at radius 2 is 1.97 bits per heavy atom. The summed E-state index contributed by atoms with van der Waals surface area (Å²) in [6, 6.07) is 5.06. The number of nitrogens with two attached hydrogens (primary N) is 2. The average Bonchev–Trinajstić information content (AvgIpc) is 2.74. The van der Waals surface area contributed by atoms with Crippen molar-refractivity contribution < 1.29 is 14.3 Å². The average molecular weight is 428 g/mol. The monoisotopic (exact) mass is 427 g/mol. The first-order valence-electron chi connectivity index (χ1n) is 10.2. The zero-order chi connectivity index (χ0) is 22.5. The Morgan fingerprint density at radius 3 is 2.61 bits per heavy atom. The Kier molecular flexibility index (Phi) is 6.91. The lowest BCUT2D eigenvalue weighted by molar-refractivity contribution is 0.0827. The number of aromatic nitrogens is 2. The van der Waals surface area contributed by atoms with Gasteiger partial charge in [0.25, 0.3) is 11.8 Å². The van der Waals surface area contributed by atoms with E-state index in [0.717, 1.165) is 25.7 Å². The van der Waals surface area contributed by atoms with Crippen molar-refractivity contribution in [2.24, 2.45) is 11.5 Å². The van der Waals surface area contributed by atoms with Gasteiger partial charge in [-0.3, -0.25) is 9.59 Å². The van der Waals surface area contributed by atoms with Gasteiger partial charge in [0.15, 0.2) is 11.5 Å². The maximum Gasteiger partial charge on any atom is 0.271 e. The quantitative estimate of drug-likeness (QED) is 0.522. The van der Waals surface area contributed by atoms with E-state index >= 15 is 0 Å². The summed E-state index contributed by atoms with van der Waals surface area (Å²) in [5, 5.41) is 6.37. The van der Waals surface area contributed by atoms with Crippen molar-refractivity contribution in [3.63, 3.8) is 0 Å². The van der Waals surface area contributed by atoms with Crippen LogP contribution in [0, 0.1) is 0 Å². The molecule has 1 aromatic carbocycles. The lowest BCUT2D eigenvalue weighted by Crippen LogP contribution is -2.42. The van der Waals surface area contributed by atoms with Gasteiger partial charge in [0.2, 0.25) is 0 Å². The smallest absolute Gasteiger partial charge is 0.271 e. The van der Waals surface area contributed by atoms with Gasteiger partial charge in [-0.1, -0.05) is 12.8 Å². The second kappa shape index (κ2) is 9.61. The van der Waals surface area contributed by atoms with Crippen molar-refractivity contribution in [1.82, 2.24) is 14.9 Å². The Balaban J connectivity index is 1.94. The van der Waals surface area contributed by atoms with Crippen LogP contribution >= 0.6 is 0 Å². The molecule has 1 unspecified atom stereocenters. The molecule has 10 nitrogen and oxygen atoms in total. The summed E-state index contributed by atoms with van der Waals surface area (Å²) in [6.45, 7) is 0. The van der Waals surface area contributed by atoms with Crippen molar-refractivity contribution in [2.45, 2.75) is 37.8 Å². The van der Waals surface area contributed by atoms with Crippen molar-refractivity contribution in [1.29, 1.82) is 0 Å². The molecule has 2 aromatic rings. The Hall–Kier alpha value is -3.40. The molecule has 2 amide bonds. The molecule has 0 saturated heterocycles. The van der Waals surface area contributed by atoms with Crippen LogP contribution in [0.4, 0.5) is 17.3 Å². The third-order valence-electron chi connectivity index (χ3n) is 5.26. The largest absolute Gasteiger partial charge is 0.495 e. The minimum Gasteiger partial charge on any atom is -0.495 e. The van der Waals surface area contributed by atoms with E-state index in [9.17, 15) is 9.59 Å². The van der Waals surface area contributed by atoms with Gasteiger partial charge in [-0.2, -0.15) is 0 Å². The summed E-state index contributed by atoms with van der Waals surface area (Å²) in [6.07, 6.45) is 5.55. The normalized spacial score (nSPS) is 18.2. The number of carbonyl (C=O) groups is 2. The van der Waals surface area contributed by atoms with Crippen LogP contribution in [0.2, 0.25) is 0 Å². The first-order chi connectivity index (χ1) is 14.8. The number of benzene rings is 1. The highest BCUT2D eigenvalue weighted by Crippen LogP contribution is 2.30. The predicted octanol–water partition coefficient (Wildman–Crippen LogP) is 1.71. The first-order valence-corrected chi connectivity index (χ1v) is 10.2. The third kappa shape index (κ3) is 5.21. The minimum atomic E-state index is -0.726. The van der Waals surface area contributed by atoms with Crippen LogP contribution in [0.15, 0.2) is 24.4 Å². The molecule has 1 fully saturated rings. The van der Waals surface area contributed by atoms with Gasteiger partial charge in [0.05, 0.1) is 19.0 Å². The molecular weight excluding hydrogens is 398 g/mol. The number of anilines is 3. The fraction of sp³-hybridized carbons (Fsp3) is 0.429. The van der Waals surface area contributed by atoms with Crippen molar-refractivity contribution in [2.75, 3.05) is 31.8 Å². The molecule has 2 atom stereocenters. The number of primary amides is 1. The van der Waals surface area contributed by atoms with E-state index in [-0.39, 0.29) is 29.5 Å². The number of methoxy groups -OCH3 is 1. The molecule has 166 valence electrons. The topological polar surface area (TPSA) is 148 Å². The maximum atomic E-state index is 12.4. The van der Waals surface area contributed by atoms with Gasteiger partial charge in [-0.25, -0.2) is 9.97 Å². The molecular formula is C21H29N7O3. The van der Waals surface area contributed by atoms with E-state index in [0.29, 0.717) is 22.8 Å². The molecule has 10 heteroatoms. The molecule has 6 N–H and O–H groups in total. The van der Waals surface area contributed by atoms with E-state index < -0.39 is 5.91 Å². The SMILES string of the molecule is COc1ccc(C(=O)N(C)C)cc1Nc1nc(NC2CCCC[C@@H]2N)cnc1C(N)=O. The number of hydrogen-bond acceptors (Lipinski definition) is 8. The van der Waals surface area contributed by atoms with Gasteiger partial charge in [-0.05, 0) is 31.0 Å². The van der Waals surface area contributed by atoms with Crippen molar-refractivity contribution >= 4 is 29.1 Å². The third-order valence-corrected chi connectivity index (χ3v) is 5.26. The number of rotatable bonds is 7. The number of hydrogen-bond donors (Lipinski definition) is 4. The second-order valence-electron chi connectivity index (χ2n) is 7.76. The van der Waals surface area contributed by atoms with Gasteiger partial charge in [0.1, 0.15) is 11.6 Å². The van der Waals surface area contributed by atoms with Gasteiger partial charge in [0, 0.05) is 31.7 Å². The van der Waals surface area contributed by atoms with Crippen LogP contribution in [0.3, 0.4) is 0 Å². The lowest BCUT2D eigenvalue weighted by atomic mass is 9.91. The number of amides is 2. The summed E-state index contributed by atoms with van der Waals surface area (Å²) in [4.78, 5) is 34.5. The van der Waals surface area contributed by atoms with Crippen LogP contribution in [-0.4, -0.2) is 60.0 Å². The molecule has 0 bridgehead atoms. The predicted molar refractivity (Wildman–Crippen MR) is 119 cm³/mol. The van der Waals surface area contributed by atoms with E-state index in [1.807, 2.05) is 0 Å². The summed E-state index contributed by atoms with van der Waals surface area (Å²) >= 11 is 0. The maximum absolute atomic E-state index is 12.4. The molecule has 1 heterocycles. The van der Waals surface area contributed by atoms with Crippen molar-refractivity contribution in [3.05, 3.63) is 35.7 Å². The van der Waals surface area contributed by atoms with Crippen LogP contribution in [-0.2, 0) is 0 Å².